The fraction of sp³-hybridized carbons (Fsp3) is 0.900. The van der Waals surface area contributed by atoms with Crippen LogP contribution in [0, 0.1) is 11.8 Å². The second-order valence-electron chi connectivity index (χ2n) is 4.10. The molecule has 0 saturated heterocycles. The molecule has 68 valence electrons. The lowest BCUT2D eigenvalue weighted by Gasteiger charge is -2.36. The minimum Gasteiger partial charge on any atom is -0.298 e. The van der Waals surface area contributed by atoms with Gasteiger partial charge in [0.25, 0.3) is 0 Å². The lowest BCUT2D eigenvalue weighted by molar-refractivity contribution is -0.127. The van der Waals surface area contributed by atoms with E-state index in [1.54, 1.807) is 0 Å². The highest BCUT2D eigenvalue weighted by Gasteiger charge is 2.37. The third-order valence-corrected chi connectivity index (χ3v) is 3.81. The molecule has 2 rings (SSSR count). The van der Waals surface area contributed by atoms with Crippen LogP contribution in [0.25, 0.3) is 0 Å². The van der Waals surface area contributed by atoms with Gasteiger partial charge in [0, 0.05) is 5.92 Å². The summed E-state index contributed by atoms with van der Waals surface area (Å²) in [5.41, 5.74) is 0. The van der Waals surface area contributed by atoms with E-state index >= 15 is 0 Å². The number of hydrogen-bond acceptors (Lipinski definition) is 1. The highest BCUT2D eigenvalue weighted by Crippen LogP contribution is 2.39. The van der Waals surface area contributed by atoms with Gasteiger partial charge in [0.15, 0.2) is 5.78 Å². The largest absolute Gasteiger partial charge is 0.298 e. The van der Waals surface area contributed by atoms with Crippen molar-refractivity contribution in [2.75, 3.05) is 0 Å². The van der Waals surface area contributed by atoms with E-state index < -0.39 is 0 Å². The molecule has 0 unspecified atom stereocenters. The Balaban J connectivity index is 2.08. The van der Waals surface area contributed by atoms with E-state index in [2.05, 4.69) is 0 Å². The molecule has 2 aliphatic rings. The molecule has 3 atom stereocenters. The summed E-state index contributed by atoms with van der Waals surface area (Å²) >= 11 is 5.94. The Morgan fingerprint density at radius 1 is 1.08 bits per heavy atom. The molecule has 0 aromatic rings. The topological polar surface area (TPSA) is 17.1 Å². The van der Waals surface area contributed by atoms with Crippen LogP contribution in [0.2, 0.25) is 0 Å². The van der Waals surface area contributed by atoms with E-state index in [0.717, 1.165) is 12.8 Å². The first-order chi connectivity index (χ1) is 5.79. The van der Waals surface area contributed by atoms with E-state index in [1.165, 1.54) is 25.7 Å². The van der Waals surface area contributed by atoms with Crippen LogP contribution in [0.5, 0.6) is 0 Å². The van der Waals surface area contributed by atoms with Crippen molar-refractivity contribution in [1.29, 1.82) is 0 Å². The zero-order valence-corrected chi connectivity index (χ0v) is 8.02. The summed E-state index contributed by atoms with van der Waals surface area (Å²) in [6.07, 6.45) is 7.02. The van der Waals surface area contributed by atoms with Gasteiger partial charge in [-0.25, -0.2) is 0 Å². The first-order valence-electron chi connectivity index (χ1n) is 4.97. The smallest absolute Gasteiger partial charge is 0.154 e. The Hall–Kier alpha value is -0.0400. The SMILES string of the molecule is O=C1[C@H](Cl)CC[C@H]2CCCC[C@H]12. The van der Waals surface area contributed by atoms with Crippen molar-refractivity contribution in [3.8, 4) is 0 Å². The number of ketones is 1. The molecule has 2 fully saturated rings. The van der Waals surface area contributed by atoms with Gasteiger partial charge in [-0.05, 0) is 31.6 Å². The van der Waals surface area contributed by atoms with E-state index in [4.69, 9.17) is 11.6 Å². The molecule has 1 nitrogen and oxygen atoms in total. The lowest BCUT2D eigenvalue weighted by atomic mass is 9.70. The average molecular weight is 187 g/mol. The van der Waals surface area contributed by atoms with Crippen LogP contribution in [0.3, 0.4) is 0 Å². The minimum atomic E-state index is -0.163. The van der Waals surface area contributed by atoms with Crippen LogP contribution in [-0.4, -0.2) is 11.2 Å². The summed E-state index contributed by atoms with van der Waals surface area (Å²) in [4.78, 5) is 11.6. The molecule has 0 heterocycles. The van der Waals surface area contributed by atoms with Crippen molar-refractivity contribution in [2.24, 2.45) is 11.8 Å². The van der Waals surface area contributed by atoms with Crippen molar-refractivity contribution in [3.63, 3.8) is 0 Å². The quantitative estimate of drug-likeness (QED) is 0.532. The van der Waals surface area contributed by atoms with Gasteiger partial charge in [0.05, 0.1) is 5.38 Å². The van der Waals surface area contributed by atoms with Crippen LogP contribution in [-0.2, 0) is 4.79 Å². The fourth-order valence-corrected chi connectivity index (χ4v) is 2.95. The van der Waals surface area contributed by atoms with Crippen molar-refractivity contribution >= 4 is 17.4 Å². The third kappa shape index (κ3) is 1.39. The minimum absolute atomic E-state index is 0.163. The molecule has 2 aliphatic carbocycles. The first kappa shape index (κ1) is 8.55. The van der Waals surface area contributed by atoms with Gasteiger partial charge in [-0.15, -0.1) is 11.6 Å². The van der Waals surface area contributed by atoms with Crippen molar-refractivity contribution in [2.45, 2.75) is 43.9 Å². The number of rotatable bonds is 0. The van der Waals surface area contributed by atoms with Crippen LogP contribution in [0.4, 0.5) is 0 Å². The first-order valence-corrected chi connectivity index (χ1v) is 5.40. The standard InChI is InChI=1S/C10H15ClO/c11-9-6-5-7-3-1-2-4-8(7)10(9)12/h7-9H,1-6H2/t7-,8+,9-/m1/s1. The van der Waals surface area contributed by atoms with Crippen LogP contribution in [0.1, 0.15) is 38.5 Å². The molecule has 0 bridgehead atoms. The Labute approximate surface area is 78.5 Å². The average Bonchev–Trinajstić information content (AvgIpc) is 2.12. The molecule has 0 radical (unpaired) electrons. The van der Waals surface area contributed by atoms with Crippen LogP contribution in [0.15, 0.2) is 0 Å². The highest BCUT2D eigenvalue weighted by atomic mass is 35.5. The summed E-state index contributed by atoms with van der Waals surface area (Å²) in [7, 11) is 0. The molecule has 0 N–H and O–H groups in total. The van der Waals surface area contributed by atoms with Crippen LogP contribution >= 0.6 is 11.6 Å². The van der Waals surface area contributed by atoms with Gasteiger partial charge >= 0.3 is 0 Å². The van der Waals surface area contributed by atoms with Gasteiger partial charge in [0.1, 0.15) is 0 Å². The van der Waals surface area contributed by atoms with Crippen LogP contribution < -0.4 is 0 Å². The van der Waals surface area contributed by atoms with Crippen molar-refractivity contribution in [1.82, 2.24) is 0 Å². The maximum atomic E-state index is 11.6. The number of fused-ring (bicyclic) bond motifs is 1. The maximum absolute atomic E-state index is 11.6. The number of alkyl halides is 1. The summed E-state index contributed by atoms with van der Waals surface area (Å²) < 4.78 is 0. The van der Waals surface area contributed by atoms with Gasteiger partial charge in [0.2, 0.25) is 0 Å². The van der Waals surface area contributed by atoms with Crippen molar-refractivity contribution in [3.05, 3.63) is 0 Å². The number of halogens is 1. The summed E-state index contributed by atoms with van der Waals surface area (Å²) in [5, 5.41) is -0.163. The second kappa shape index (κ2) is 3.37. The maximum Gasteiger partial charge on any atom is 0.154 e. The summed E-state index contributed by atoms with van der Waals surface area (Å²) in [6, 6.07) is 0. The molecular formula is C10H15ClO. The second-order valence-corrected chi connectivity index (χ2v) is 4.63. The van der Waals surface area contributed by atoms with Crippen molar-refractivity contribution < 1.29 is 4.79 Å². The van der Waals surface area contributed by atoms with Gasteiger partial charge in [-0.3, -0.25) is 4.79 Å². The number of carbonyl (C=O) groups is 1. The molecule has 0 spiro atoms. The number of Topliss-reactive ketones (excluding diaryl/α,β-unsaturated/α-hetero) is 1. The van der Waals surface area contributed by atoms with Gasteiger partial charge in [-0.1, -0.05) is 12.8 Å². The molecule has 0 amide bonds. The zero-order chi connectivity index (χ0) is 8.55. The summed E-state index contributed by atoms with van der Waals surface area (Å²) in [5.74, 6) is 1.35. The predicted molar refractivity (Wildman–Crippen MR) is 49.3 cm³/mol. The summed E-state index contributed by atoms with van der Waals surface area (Å²) in [6.45, 7) is 0. The monoisotopic (exact) mass is 186 g/mol. The van der Waals surface area contributed by atoms with E-state index in [0.29, 0.717) is 17.6 Å². The number of carbonyl (C=O) groups excluding carboxylic acids is 1. The Morgan fingerprint density at radius 2 is 1.83 bits per heavy atom. The molecule has 2 saturated carbocycles. The van der Waals surface area contributed by atoms with E-state index in [1.807, 2.05) is 0 Å². The van der Waals surface area contributed by atoms with Gasteiger partial charge < -0.3 is 0 Å². The molecule has 0 aromatic carbocycles. The zero-order valence-electron chi connectivity index (χ0n) is 7.26. The Bertz CT molecular complexity index is 190. The molecule has 12 heavy (non-hydrogen) atoms. The van der Waals surface area contributed by atoms with E-state index in [-0.39, 0.29) is 5.38 Å². The fourth-order valence-electron chi connectivity index (χ4n) is 2.66. The molecular weight excluding hydrogens is 172 g/mol. The molecule has 0 aromatic heterocycles. The normalized spacial score (nSPS) is 42.4. The lowest BCUT2D eigenvalue weighted by Crippen LogP contribution is -2.37. The predicted octanol–water partition coefficient (Wildman–Crippen LogP) is 2.76. The Kier molecular flexibility index (Phi) is 2.40. The molecule has 2 heteroatoms. The number of hydrogen-bond donors (Lipinski definition) is 0. The van der Waals surface area contributed by atoms with E-state index in [9.17, 15) is 4.79 Å². The molecule has 0 aliphatic heterocycles. The Morgan fingerprint density at radius 3 is 2.67 bits per heavy atom. The highest BCUT2D eigenvalue weighted by molar-refractivity contribution is 6.31. The third-order valence-electron chi connectivity index (χ3n) is 3.37. The van der Waals surface area contributed by atoms with Gasteiger partial charge in [-0.2, -0.15) is 0 Å².